The van der Waals surface area contributed by atoms with E-state index in [1.165, 1.54) is 11.3 Å². The van der Waals surface area contributed by atoms with Gasteiger partial charge in [0.1, 0.15) is 5.75 Å². The number of H-pyrrole nitrogens is 1. The van der Waals surface area contributed by atoms with Crippen molar-refractivity contribution in [2.75, 3.05) is 13.2 Å². The molecule has 6 heteroatoms. The highest BCUT2D eigenvalue weighted by atomic mass is 32.1. The normalized spacial score (nSPS) is 11.1. The predicted molar refractivity (Wildman–Crippen MR) is 118 cm³/mol. The average Bonchev–Trinajstić information content (AvgIpc) is 3.17. The van der Waals surface area contributed by atoms with Crippen LogP contribution in [0.3, 0.4) is 0 Å². The van der Waals surface area contributed by atoms with Crippen LogP contribution in [0.1, 0.15) is 27.7 Å². The first-order valence-electron chi connectivity index (χ1n) is 9.61. The molecule has 0 aliphatic carbocycles. The number of thiophene rings is 1. The number of amides is 1. The third kappa shape index (κ3) is 4.03. The van der Waals surface area contributed by atoms with Crippen LogP contribution in [0.15, 0.2) is 53.3 Å². The highest BCUT2D eigenvalue weighted by Gasteiger charge is 2.14. The fourth-order valence-electron chi connectivity index (χ4n) is 3.34. The first-order valence-corrected chi connectivity index (χ1v) is 10.4. The minimum atomic E-state index is -0.166. The number of carbonyl (C=O) groups excluding carboxylic acids is 1. The number of carbonyl (C=O) groups is 1. The van der Waals surface area contributed by atoms with Crippen molar-refractivity contribution < 1.29 is 9.53 Å². The zero-order valence-corrected chi connectivity index (χ0v) is 17.2. The Bertz CT molecular complexity index is 1240. The molecule has 0 radical (unpaired) electrons. The van der Waals surface area contributed by atoms with Gasteiger partial charge in [0.2, 0.25) is 0 Å². The van der Waals surface area contributed by atoms with Crippen molar-refractivity contribution in [1.82, 2.24) is 10.3 Å². The second-order valence-electron chi connectivity index (χ2n) is 6.94. The van der Waals surface area contributed by atoms with E-state index in [9.17, 15) is 9.59 Å². The molecular formula is C23H22N2O3S. The van der Waals surface area contributed by atoms with Crippen LogP contribution in [-0.2, 0) is 6.42 Å². The minimum absolute atomic E-state index is 0.155. The van der Waals surface area contributed by atoms with E-state index in [4.69, 9.17) is 4.74 Å². The Morgan fingerprint density at radius 2 is 1.90 bits per heavy atom. The molecule has 2 aromatic carbocycles. The third-order valence-electron chi connectivity index (χ3n) is 4.80. The largest absolute Gasteiger partial charge is 0.494 e. The molecule has 0 fully saturated rings. The number of fused-ring (bicyclic) bond motifs is 3. The maximum Gasteiger partial charge on any atom is 0.261 e. The SMILES string of the molecule is CCOc1ccc(CCNC(=O)c2cc3c(=O)[nH]c4ccc(C)cc4c3s2)cc1. The molecule has 0 bridgehead atoms. The number of aromatic nitrogens is 1. The summed E-state index contributed by atoms with van der Waals surface area (Å²) in [6, 6.07) is 15.5. The van der Waals surface area contributed by atoms with Crippen molar-refractivity contribution >= 4 is 38.2 Å². The van der Waals surface area contributed by atoms with Crippen molar-refractivity contribution in [2.24, 2.45) is 0 Å². The lowest BCUT2D eigenvalue weighted by Crippen LogP contribution is -2.24. The summed E-state index contributed by atoms with van der Waals surface area (Å²) in [5, 5.41) is 4.49. The number of hydrogen-bond donors (Lipinski definition) is 2. The Labute approximate surface area is 172 Å². The number of aromatic amines is 1. The standard InChI is InChI=1S/C23H22N2O3S/c1-3-28-16-7-5-15(6-8-16)10-11-24-23(27)20-13-18-21(29-20)17-12-14(2)4-9-19(17)25-22(18)26/h4-9,12-13H,3,10-11H2,1-2H3,(H,24,27)(H,25,26). The van der Waals surface area contributed by atoms with Crippen LogP contribution in [0.25, 0.3) is 21.0 Å². The van der Waals surface area contributed by atoms with Crippen LogP contribution >= 0.6 is 11.3 Å². The van der Waals surface area contributed by atoms with E-state index in [0.29, 0.717) is 23.4 Å². The van der Waals surface area contributed by atoms with E-state index in [0.717, 1.165) is 38.9 Å². The van der Waals surface area contributed by atoms with Gasteiger partial charge in [-0.3, -0.25) is 9.59 Å². The Kier molecular flexibility index (Phi) is 5.36. The third-order valence-corrected chi connectivity index (χ3v) is 5.97. The minimum Gasteiger partial charge on any atom is -0.494 e. The number of aryl methyl sites for hydroxylation is 1. The molecule has 1 amide bonds. The summed E-state index contributed by atoms with van der Waals surface area (Å²) in [5.41, 5.74) is 2.86. The highest BCUT2D eigenvalue weighted by molar-refractivity contribution is 7.21. The molecule has 0 unspecified atom stereocenters. The Morgan fingerprint density at radius 3 is 2.66 bits per heavy atom. The quantitative estimate of drug-likeness (QED) is 0.498. The summed E-state index contributed by atoms with van der Waals surface area (Å²) in [5.74, 6) is 0.690. The summed E-state index contributed by atoms with van der Waals surface area (Å²) in [4.78, 5) is 28.5. The van der Waals surface area contributed by atoms with E-state index in [1.807, 2.05) is 56.3 Å². The topological polar surface area (TPSA) is 71.2 Å². The van der Waals surface area contributed by atoms with Crippen LogP contribution in [0, 0.1) is 6.92 Å². The predicted octanol–water partition coefficient (Wildman–Crippen LogP) is 4.42. The zero-order chi connectivity index (χ0) is 20.4. The van der Waals surface area contributed by atoms with E-state index >= 15 is 0 Å². The first kappa shape index (κ1) is 19.2. The number of rotatable bonds is 6. The molecule has 0 aliphatic heterocycles. The van der Waals surface area contributed by atoms with Crippen LogP contribution in [0.2, 0.25) is 0 Å². The van der Waals surface area contributed by atoms with Gasteiger partial charge in [0.15, 0.2) is 0 Å². The first-order chi connectivity index (χ1) is 14.0. The Morgan fingerprint density at radius 1 is 1.10 bits per heavy atom. The molecular weight excluding hydrogens is 384 g/mol. The van der Waals surface area contributed by atoms with E-state index < -0.39 is 0 Å². The maximum atomic E-state index is 12.6. The van der Waals surface area contributed by atoms with Gasteiger partial charge in [-0.2, -0.15) is 0 Å². The fourth-order valence-corrected chi connectivity index (χ4v) is 4.44. The lowest BCUT2D eigenvalue weighted by atomic mass is 10.1. The molecule has 4 rings (SSSR count). The summed E-state index contributed by atoms with van der Waals surface area (Å²) < 4.78 is 6.29. The van der Waals surface area contributed by atoms with Crippen molar-refractivity contribution in [3.8, 4) is 5.75 Å². The summed E-state index contributed by atoms with van der Waals surface area (Å²) in [7, 11) is 0. The number of benzene rings is 2. The average molecular weight is 407 g/mol. The second-order valence-corrected chi connectivity index (χ2v) is 7.99. The molecule has 2 aromatic heterocycles. The van der Waals surface area contributed by atoms with Gasteiger partial charge in [0.25, 0.3) is 11.5 Å². The lowest BCUT2D eigenvalue weighted by Gasteiger charge is -2.06. The van der Waals surface area contributed by atoms with Gasteiger partial charge in [0, 0.05) is 22.1 Å². The lowest BCUT2D eigenvalue weighted by molar-refractivity contribution is 0.0958. The second kappa shape index (κ2) is 8.09. The van der Waals surface area contributed by atoms with Crippen molar-refractivity contribution in [3.05, 3.63) is 74.9 Å². The van der Waals surface area contributed by atoms with Crippen LogP contribution < -0.4 is 15.6 Å². The van der Waals surface area contributed by atoms with Gasteiger partial charge in [-0.1, -0.05) is 23.8 Å². The number of nitrogens with one attached hydrogen (secondary N) is 2. The zero-order valence-electron chi connectivity index (χ0n) is 16.4. The van der Waals surface area contributed by atoms with E-state index in [1.54, 1.807) is 6.07 Å². The smallest absolute Gasteiger partial charge is 0.261 e. The molecule has 0 aliphatic rings. The van der Waals surface area contributed by atoms with Crippen molar-refractivity contribution in [3.63, 3.8) is 0 Å². The fraction of sp³-hybridized carbons (Fsp3) is 0.217. The van der Waals surface area contributed by atoms with Gasteiger partial charge in [-0.25, -0.2) is 0 Å². The molecule has 0 saturated heterocycles. The maximum absolute atomic E-state index is 12.6. The van der Waals surface area contributed by atoms with Crippen molar-refractivity contribution in [2.45, 2.75) is 20.3 Å². The molecule has 2 N–H and O–H groups in total. The molecule has 2 heterocycles. The Hall–Kier alpha value is -3.12. The molecule has 0 atom stereocenters. The Balaban J connectivity index is 1.50. The van der Waals surface area contributed by atoms with Gasteiger partial charge in [0.05, 0.1) is 16.9 Å². The molecule has 4 aromatic rings. The molecule has 5 nitrogen and oxygen atoms in total. The van der Waals surface area contributed by atoms with Crippen LogP contribution in [0.5, 0.6) is 5.75 Å². The molecule has 29 heavy (non-hydrogen) atoms. The number of hydrogen-bond acceptors (Lipinski definition) is 4. The highest BCUT2D eigenvalue weighted by Crippen LogP contribution is 2.30. The van der Waals surface area contributed by atoms with Crippen molar-refractivity contribution in [1.29, 1.82) is 0 Å². The van der Waals surface area contributed by atoms with Gasteiger partial charge < -0.3 is 15.0 Å². The summed E-state index contributed by atoms with van der Waals surface area (Å²) >= 11 is 1.36. The van der Waals surface area contributed by atoms with Crippen LogP contribution in [-0.4, -0.2) is 24.0 Å². The monoisotopic (exact) mass is 406 g/mol. The van der Waals surface area contributed by atoms with Gasteiger partial charge in [-0.15, -0.1) is 11.3 Å². The summed E-state index contributed by atoms with van der Waals surface area (Å²) in [6.07, 6.45) is 0.728. The molecule has 0 spiro atoms. The van der Waals surface area contributed by atoms with E-state index in [-0.39, 0.29) is 11.5 Å². The number of pyridine rings is 1. The van der Waals surface area contributed by atoms with Gasteiger partial charge >= 0.3 is 0 Å². The summed E-state index contributed by atoms with van der Waals surface area (Å²) in [6.45, 7) is 5.13. The van der Waals surface area contributed by atoms with E-state index in [2.05, 4.69) is 10.3 Å². The van der Waals surface area contributed by atoms with Crippen LogP contribution in [0.4, 0.5) is 0 Å². The molecule has 148 valence electrons. The molecule has 0 saturated carbocycles. The van der Waals surface area contributed by atoms with Gasteiger partial charge in [-0.05, 0) is 56.2 Å². The number of ether oxygens (including phenoxy) is 1.